The van der Waals surface area contributed by atoms with Crippen molar-refractivity contribution < 1.29 is 5.11 Å². The quantitative estimate of drug-likeness (QED) is 0.642. The Hall–Kier alpha value is -0.550. The maximum atomic E-state index is 9.71. The molecule has 2 heteroatoms. The van der Waals surface area contributed by atoms with Crippen LogP contribution in [-0.2, 0) is 0 Å². The van der Waals surface area contributed by atoms with E-state index in [0.29, 0.717) is 6.42 Å². The molecule has 2 aliphatic rings. The molecule has 0 aromatic heterocycles. The summed E-state index contributed by atoms with van der Waals surface area (Å²) in [5.74, 6) is 0. The first-order chi connectivity index (χ1) is 6.62. The molecule has 14 heavy (non-hydrogen) atoms. The van der Waals surface area contributed by atoms with Crippen LogP contribution in [0.3, 0.4) is 0 Å². The summed E-state index contributed by atoms with van der Waals surface area (Å²) in [5.41, 5.74) is -0.0395. The Balaban J connectivity index is 2.30. The van der Waals surface area contributed by atoms with Gasteiger partial charge in [-0.15, -0.1) is 0 Å². The van der Waals surface area contributed by atoms with Gasteiger partial charge in [0.2, 0.25) is 0 Å². The van der Waals surface area contributed by atoms with Gasteiger partial charge >= 0.3 is 0 Å². The topological polar surface area (TPSA) is 44.0 Å². The maximum Gasteiger partial charge on any atom is 0.0696 e. The van der Waals surface area contributed by atoms with Gasteiger partial charge < -0.3 is 5.11 Å². The smallest absolute Gasteiger partial charge is 0.0696 e. The van der Waals surface area contributed by atoms with E-state index in [9.17, 15) is 10.4 Å². The first-order valence-corrected chi connectivity index (χ1v) is 5.71. The summed E-state index contributed by atoms with van der Waals surface area (Å²) in [6.07, 6.45) is 6.98. The fourth-order valence-electron chi connectivity index (χ4n) is 3.42. The van der Waals surface area contributed by atoms with Gasteiger partial charge in [-0.1, -0.05) is 19.8 Å². The minimum absolute atomic E-state index is 0.180. The molecule has 78 valence electrons. The van der Waals surface area contributed by atoms with E-state index in [2.05, 4.69) is 13.0 Å². The number of nitrogens with zero attached hydrogens (tertiary/aromatic N) is 1. The van der Waals surface area contributed by atoms with E-state index in [4.69, 9.17) is 0 Å². The Labute approximate surface area is 85.9 Å². The van der Waals surface area contributed by atoms with Gasteiger partial charge in [0.05, 0.1) is 17.6 Å². The lowest BCUT2D eigenvalue weighted by molar-refractivity contribution is -0.0513. The van der Waals surface area contributed by atoms with Crippen LogP contribution >= 0.6 is 0 Å². The average Bonchev–Trinajstić information content (AvgIpc) is 2.19. The summed E-state index contributed by atoms with van der Waals surface area (Å²) in [6, 6.07) is 2.53. The van der Waals surface area contributed by atoms with Crippen molar-refractivity contribution in [2.45, 2.75) is 58.0 Å². The van der Waals surface area contributed by atoms with Crippen molar-refractivity contribution in [3.05, 3.63) is 0 Å². The molecular formula is C12H19NO. The molecule has 0 bridgehead atoms. The third-order valence-electron chi connectivity index (χ3n) is 4.56. The summed E-state index contributed by atoms with van der Waals surface area (Å²) in [4.78, 5) is 0. The second kappa shape index (κ2) is 3.24. The highest BCUT2D eigenvalue weighted by Crippen LogP contribution is 2.58. The number of aliphatic hydroxyl groups is 1. The highest BCUT2D eigenvalue weighted by Gasteiger charge is 2.53. The number of hydrogen-bond acceptors (Lipinski definition) is 2. The van der Waals surface area contributed by atoms with Crippen LogP contribution in [0.2, 0.25) is 0 Å². The Kier molecular flexibility index (Phi) is 2.31. The standard InChI is InChI=1S/C12H19NO/c1-11-5-2-3-6-12(11,9-13)8-10(14)4-7-11/h10,14H,2-8H2,1H3/t10-,11-,12-/m0/s1. The van der Waals surface area contributed by atoms with E-state index in [1.807, 2.05) is 0 Å². The van der Waals surface area contributed by atoms with Crippen LogP contribution < -0.4 is 0 Å². The Morgan fingerprint density at radius 1 is 1.29 bits per heavy atom. The van der Waals surface area contributed by atoms with E-state index >= 15 is 0 Å². The monoisotopic (exact) mass is 193 g/mol. The summed E-state index contributed by atoms with van der Waals surface area (Å²) < 4.78 is 0. The molecule has 0 aliphatic heterocycles. The second-order valence-electron chi connectivity index (χ2n) is 5.36. The zero-order valence-electron chi connectivity index (χ0n) is 8.92. The molecule has 0 unspecified atom stereocenters. The minimum atomic E-state index is -0.235. The van der Waals surface area contributed by atoms with E-state index < -0.39 is 0 Å². The van der Waals surface area contributed by atoms with Crippen LogP contribution in [0.1, 0.15) is 51.9 Å². The van der Waals surface area contributed by atoms with Crippen molar-refractivity contribution in [2.75, 3.05) is 0 Å². The van der Waals surface area contributed by atoms with Gasteiger partial charge in [0.15, 0.2) is 0 Å². The molecule has 2 aliphatic carbocycles. The van der Waals surface area contributed by atoms with Crippen molar-refractivity contribution in [2.24, 2.45) is 10.8 Å². The average molecular weight is 193 g/mol. The van der Waals surface area contributed by atoms with Gasteiger partial charge in [-0.05, 0) is 37.5 Å². The summed E-state index contributed by atoms with van der Waals surface area (Å²) >= 11 is 0. The molecule has 0 aromatic carbocycles. The first kappa shape index (κ1) is 9.98. The molecule has 2 rings (SSSR count). The molecule has 2 nitrogen and oxygen atoms in total. The Morgan fingerprint density at radius 2 is 2.00 bits per heavy atom. The van der Waals surface area contributed by atoms with Crippen molar-refractivity contribution in [1.82, 2.24) is 0 Å². The lowest BCUT2D eigenvalue weighted by Gasteiger charge is -2.52. The van der Waals surface area contributed by atoms with Gasteiger partial charge in [-0.3, -0.25) is 0 Å². The molecule has 2 saturated carbocycles. The predicted octanol–water partition coefficient (Wildman–Crippen LogP) is 2.62. The molecule has 1 N–H and O–H groups in total. The summed E-state index contributed by atoms with van der Waals surface area (Å²) in [7, 11) is 0. The first-order valence-electron chi connectivity index (χ1n) is 5.71. The van der Waals surface area contributed by atoms with Crippen molar-refractivity contribution in [3.63, 3.8) is 0 Å². The zero-order chi connectivity index (χ0) is 10.2. The largest absolute Gasteiger partial charge is 0.393 e. The van der Waals surface area contributed by atoms with Gasteiger partial charge in [-0.2, -0.15) is 5.26 Å². The number of aliphatic hydroxyl groups excluding tert-OH is 1. The Morgan fingerprint density at radius 3 is 2.71 bits per heavy atom. The van der Waals surface area contributed by atoms with Crippen LogP contribution in [0.5, 0.6) is 0 Å². The van der Waals surface area contributed by atoms with E-state index in [0.717, 1.165) is 25.7 Å². The Bertz CT molecular complexity index is 270. The number of rotatable bonds is 0. The van der Waals surface area contributed by atoms with Crippen LogP contribution in [-0.4, -0.2) is 11.2 Å². The van der Waals surface area contributed by atoms with Crippen LogP contribution in [0.15, 0.2) is 0 Å². The van der Waals surface area contributed by atoms with Gasteiger partial charge in [0, 0.05) is 0 Å². The molecule has 0 aromatic rings. The fourth-order valence-corrected chi connectivity index (χ4v) is 3.42. The summed E-state index contributed by atoms with van der Waals surface area (Å²) in [5, 5.41) is 19.1. The number of nitriles is 1. The highest BCUT2D eigenvalue weighted by atomic mass is 16.3. The van der Waals surface area contributed by atoms with Crippen LogP contribution in [0.4, 0.5) is 0 Å². The number of fused-ring (bicyclic) bond motifs is 1. The highest BCUT2D eigenvalue weighted by molar-refractivity contribution is 5.13. The van der Waals surface area contributed by atoms with E-state index in [1.54, 1.807) is 0 Å². The molecule has 3 atom stereocenters. The summed E-state index contributed by atoms with van der Waals surface area (Å²) in [6.45, 7) is 2.25. The number of hydrogen-bond donors (Lipinski definition) is 1. The van der Waals surface area contributed by atoms with Crippen LogP contribution in [0.25, 0.3) is 0 Å². The molecule has 0 heterocycles. The van der Waals surface area contributed by atoms with Crippen LogP contribution in [0, 0.1) is 22.2 Å². The SMILES string of the molecule is C[C@@]12CCCC[C@@]1(C#N)C[C@@H](O)CC2. The third-order valence-corrected chi connectivity index (χ3v) is 4.56. The normalized spacial score (nSPS) is 47.9. The lowest BCUT2D eigenvalue weighted by atomic mass is 9.51. The predicted molar refractivity (Wildman–Crippen MR) is 54.5 cm³/mol. The molecule has 0 radical (unpaired) electrons. The maximum absolute atomic E-state index is 9.71. The van der Waals surface area contributed by atoms with E-state index in [-0.39, 0.29) is 16.9 Å². The van der Waals surface area contributed by atoms with E-state index in [1.165, 1.54) is 12.8 Å². The molecule has 0 amide bonds. The molecular weight excluding hydrogens is 174 g/mol. The van der Waals surface area contributed by atoms with Gasteiger partial charge in [0.25, 0.3) is 0 Å². The third kappa shape index (κ3) is 1.26. The molecule has 0 saturated heterocycles. The van der Waals surface area contributed by atoms with Gasteiger partial charge in [0.1, 0.15) is 0 Å². The van der Waals surface area contributed by atoms with Crippen molar-refractivity contribution in [3.8, 4) is 6.07 Å². The van der Waals surface area contributed by atoms with Crippen molar-refractivity contribution in [1.29, 1.82) is 5.26 Å². The molecule has 2 fully saturated rings. The van der Waals surface area contributed by atoms with Gasteiger partial charge in [-0.25, -0.2) is 0 Å². The zero-order valence-corrected chi connectivity index (χ0v) is 8.92. The second-order valence-corrected chi connectivity index (χ2v) is 5.36. The lowest BCUT2D eigenvalue weighted by Crippen LogP contribution is -2.47. The minimum Gasteiger partial charge on any atom is -0.393 e. The van der Waals surface area contributed by atoms with Crippen molar-refractivity contribution >= 4 is 0 Å². The fraction of sp³-hybridized carbons (Fsp3) is 0.917. The molecule has 0 spiro atoms.